The van der Waals surface area contributed by atoms with E-state index in [1.54, 1.807) is 0 Å². The first-order chi connectivity index (χ1) is 5.75. The quantitative estimate of drug-likeness (QED) is 0.535. The van der Waals surface area contributed by atoms with Gasteiger partial charge in [-0.25, -0.2) is 0 Å². The van der Waals surface area contributed by atoms with Gasteiger partial charge in [0, 0.05) is 6.42 Å². The first-order valence-corrected chi connectivity index (χ1v) is 4.78. The van der Waals surface area contributed by atoms with E-state index in [-0.39, 0.29) is 0 Å². The molecule has 0 saturated heterocycles. The SMILES string of the molecule is CC1COC2=C(C=C[C@H](C)C2)C1. The van der Waals surface area contributed by atoms with E-state index in [4.69, 9.17) is 4.74 Å². The standard InChI is InChI=1S/C11H16O/c1-8-3-4-10-5-9(2)7-12-11(10)6-8/h3-4,8-9H,5-7H2,1-2H3/t8-,9?/m0/s1. The summed E-state index contributed by atoms with van der Waals surface area (Å²) in [5.74, 6) is 2.61. The minimum absolute atomic E-state index is 0.664. The Kier molecular flexibility index (Phi) is 1.95. The van der Waals surface area contributed by atoms with E-state index < -0.39 is 0 Å². The molecule has 0 aromatic rings. The maximum absolute atomic E-state index is 5.69. The molecule has 0 saturated carbocycles. The highest BCUT2D eigenvalue weighted by Crippen LogP contribution is 2.32. The predicted molar refractivity (Wildman–Crippen MR) is 49.7 cm³/mol. The highest BCUT2D eigenvalue weighted by Gasteiger charge is 2.21. The van der Waals surface area contributed by atoms with Gasteiger partial charge in [0.15, 0.2) is 0 Å². The fraction of sp³-hybridized carbons (Fsp3) is 0.636. The number of ether oxygens (including phenoxy) is 1. The van der Waals surface area contributed by atoms with Crippen molar-refractivity contribution in [1.29, 1.82) is 0 Å². The van der Waals surface area contributed by atoms with Gasteiger partial charge in [-0.05, 0) is 23.8 Å². The van der Waals surface area contributed by atoms with Crippen LogP contribution in [0, 0.1) is 11.8 Å². The van der Waals surface area contributed by atoms with Crippen LogP contribution >= 0.6 is 0 Å². The van der Waals surface area contributed by atoms with Gasteiger partial charge >= 0.3 is 0 Å². The second-order valence-corrected chi connectivity index (χ2v) is 4.11. The molecule has 1 heterocycles. The molecule has 12 heavy (non-hydrogen) atoms. The zero-order chi connectivity index (χ0) is 8.55. The van der Waals surface area contributed by atoms with Crippen molar-refractivity contribution in [1.82, 2.24) is 0 Å². The molecular formula is C11H16O. The normalized spacial score (nSPS) is 34.5. The molecule has 0 radical (unpaired) electrons. The van der Waals surface area contributed by atoms with E-state index in [2.05, 4.69) is 26.0 Å². The molecule has 1 heteroatoms. The van der Waals surface area contributed by atoms with Crippen LogP contribution in [0.15, 0.2) is 23.5 Å². The van der Waals surface area contributed by atoms with Crippen molar-refractivity contribution in [2.75, 3.05) is 6.61 Å². The summed E-state index contributed by atoms with van der Waals surface area (Å²) in [6.07, 6.45) is 6.86. The lowest BCUT2D eigenvalue weighted by molar-refractivity contribution is 0.136. The lowest BCUT2D eigenvalue weighted by Gasteiger charge is -2.28. The van der Waals surface area contributed by atoms with Crippen LogP contribution in [0.3, 0.4) is 0 Å². The van der Waals surface area contributed by atoms with Crippen molar-refractivity contribution in [3.8, 4) is 0 Å². The second-order valence-electron chi connectivity index (χ2n) is 4.11. The first-order valence-electron chi connectivity index (χ1n) is 4.78. The summed E-state index contributed by atoms with van der Waals surface area (Å²) >= 11 is 0. The molecule has 2 rings (SSSR count). The third-order valence-electron chi connectivity index (χ3n) is 2.60. The Labute approximate surface area is 74.1 Å². The molecule has 1 unspecified atom stereocenters. The lowest BCUT2D eigenvalue weighted by atomic mass is 9.89. The summed E-state index contributed by atoms with van der Waals surface area (Å²) in [5, 5.41) is 0. The van der Waals surface area contributed by atoms with Crippen LogP contribution in [0.2, 0.25) is 0 Å². The van der Waals surface area contributed by atoms with Gasteiger partial charge in [-0.15, -0.1) is 0 Å². The van der Waals surface area contributed by atoms with Gasteiger partial charge < -0.3 is 4.74 Å². The lowest BCUT2D eigenvalue weighted by Crippen LogP contribution is -2.17. The molecule has 0 amide bonds. The Balaban J connectivity index is 2.17. The summed E-state index contributed by atoms with van der Waals surface area (Å²) in [7, 11) is 0. The maximum atomic E-state index is 5.69. The van der Waals surface area contributed by atoms with Gasteiger partial charge in [0.05, 0.1) is 12.4 Å². The molecule has 0 N–H and O–H groups in total. The average molecular weight is 164 g/mol. The molecule has 1 aliphatic heterocycles. The molecule has 2 atom stereocenters. The molecule has 0 spiro atoms. The Morgan fingerprint density at radius 3 is 3.00 bits per heavy atom. The molecule has 0 bridgehead atoms. The van der Waals surface area contributed by atoms with Crippen molar-refractivity contribution in [2.24, 2.45) is 11.8 Å². The maximum Gasteiger partial charge on any atom is 0.0997 e. The van der Waals surface area contributed by atoms with Crippen molar-refractivity contribution < 1.29 is 4.74 Å². The van der Waals surface area contributed by atoms with E-state index in [0.29, 0.717) is 11.8 Å². The third-order valence-corrected chi connectivity index (χ3v) is 2.60. The Hall–Kier alpha value is -0.720. The first kappa shape index (κ1) is 7.90. The zero-order valence-electron chi connectivity index (χ0n) is 7.84. The van der Waals surface area contributed by atoms with Crippen LogP contribution in [-0.2, 0) is 4.74 Å². The van der Waals surface area contributed by atoms with E-state index in [1.165, 1.54) is 17.8 Å². The summed E-state index contributed by atoms with van der Waals surface area (Å²) in [4.78, 5) is 0. The zero-order valence-corrected chi connectivity index (χ0v) is 7.84. The van der Waals surface area contributed by atoms with Crippen molar-refractivity contribution >= 4 is 0 Å². The molecule has 0 fully saturated rings. The fourth-order valence-corrected chi connectivity index (χ4v) is 1.88. The minimum Gasteiger partial charge on any atom is -0.497 e. The fourth-order valence-electron chi connectivity index (χ4n) is 1.88. The second kappa shape index (κ2) is 2.96. The molecule has 2 aliphatic rings. The van der Waals surface area contributed by atoms with Crippen LogP contribution in [0.4, 0.5) is 0 Å². The number of hydrogen-bond donors (Lipinski definition) is 0. The summed E-state index contributed by atoms with van der Waals surface area (Å²) in [6.45, 7) is 5.40. The van der Waals surface area contributed by atoms with Gasteiger partial charge in [-0.1, -0.05) is 26.0 Å². The molecule has 1 nitrogen and oxygen atoms in total. The van der Waals surface area contributed by atoms with E-state index in [9.17, 15) is 0 Å². The largest absolute Gasteiger partial charge is 0.497 e. The molecule has 66 valence electrons. The summed E-state index contributed by atoms with van der Waals surface area (Å²) in [6, 6.07) is 0. The Morgan fingerprint density at radius 1 is 1.33 bits per heavy atom. The Bertz CT molecular complexity index is 237. The van der Waals surface area contributed by atoms with Gasteiger partial charge in [0.25, 0.3) is 0 Å². The van der Waals surface area contributed by atoms with Gasteiger partial charge in [0.1, 0.15) is 0 Å². The molecular weight excluding hydrogens is 148 g/mol. The number of rotatable bonds is 0. The molecule has 0 aromatic carbocycles. The van der Waals surface area contributed by atoms with Crippen LogP contribution in [0.5, 0.6) is 0 Å². The predicted octanol–water partition coefficient (Wildman–Crippen LogP) is 2.89. The monoisotopic (exact) mass is 164 g/mol. The van der Waals surface area contributed by atoms with Gasteiger partial charge in [0.2, 0.25) is 0 Å². The van der Waals surface area contributed by atoms with Crippen molar-refractivity contribution in [3.05, 3.63) is 23.5 Å². The number of allylic oxidation sites excluding steroid dienone is 4. The van der Waals surface area contributed by atoms with E-state index in [0.717, 1.165) is 13.0 Å². The van der Waals surface area contributed by atoms with Crippen LogP contribution < -0.4 is 0 Å². The summed E-state index contributed by atoms with van der Waals surface area (Å²) in [5.41, 5.74) is 1.44. The Morgan fingerprint density at radius 2 is 2.17 bits per heavy atom. The van der Waals surface area contributed by atoms with Crippen molar-refractivity contribution in [2.45, 2.75) is 26.7 Å². The minimum atomic E-state index is 0.664. The highest BCUT2D eigenvalue weighted by atomic mass is 16.5. The third kappa shape index (κ3) is 1.40. The average Bonchev–Trinajstić information content (AvgIpc) is 2.05. The van der Waals surface area contributed by atoms with Crippen LogP contribution in [0.1, 0.15) is 26.7 Å². The molecule has 0 aromatic heterocycles. The van der Waals surface area contributed by atoms with Crippen LogP contribution in [0.25, 0.3) is 0 Å². The molecule has 1 aliphatic carbocycles. The smallest absolute Gasteiger partial charge is 0.0997 e. The van der Waals surface area contributed by atoms with E-state index >= 15 is 0 Å². The summed E-state index contributed by atoms with van der Waals surface area (Å²) < 4.78 is 5.69. The van der Waals surface area contributed by atoms with Gasteiger partial charge in [-0.3, -0.25) is 0 Å². The van der Waals surface area contributed by atoms with E-state index in [1.807, 2.05) is 0 Å². The van der Waals surface area contributed by atoms with Gasteiger partial charge in [-0.2, -0.15) is 0 Å². The van der Waals surface area contributed by atoms with Crippen LogP contribution in [-0.4, -0.2) is 6.61 Å². The number of hydrogen-bond acceptors (Lipinski definition) is 1. The topological polar surface area (TPSA) is 9.23 Å². The highest BCUT2D eigenvalue weighted by molar-refractivity contribution is 5.28. The van der Waals surface area contributed by atoms with Crippen molar-refractivity contribution in [3.63, 3.8) is 0 Å².